The fourth-order valence-corrected chi connectivity index (χ4v) is 2.01. The monoisotopic (exact) mass is 333 g/mol. The lowest BCUT2D eigenvalue weighted by Crippen LogP contribution is -2.32. The van der Waals surface area contributed by atoms with Gasteiger partial charge in [-0.3, -0.25) is 4.79 Å². The number of aromatic carboxylic acids is 1. The molecule has 2 N–H and O–H groups in total. The van der Waals surface area contributed by atoms with Crippen LogP contribution in [0.25, 0.3) is 0 Å². The Labute approximate surface area is 107 Å². The Balaban J connectivity index is 3.20. The number of carbonyl (C=O) groups excluding carboxylic acids is 1. The normalized spacial score (nSPS) is 10.2. The maximum Gasteiger partial charge on any atom is 0.336 e. The lowest BCUT2D eigenvalue weighted by Gasteiger charge is -2.11. The number of amides is 1. The van der Waals surface area contributed by atoms with Crippen molar-refractivity contribution in [3.8, 4) is 0 Å². The average molecular weight is 333 g/mol. The van der Waals surface area contributed by atoms with Crippen molar-refractivity contribution in [3.05, 3.63) is 32.9 Å². The third kappa shape index (κ3) is 2.94. The molecule has 1 aromatic carbocycles. The van der Waals surface area contributed by atoms with Gasteiger partial charge in [-0.1, -0.05) is 6.07 Å². The molecule has 1 rings (SSSR count). The van der Waals surface area contributed by atoms with Crippen LogP contribution in [0.1, 0.15) is 34.6 Å². The van der Waals surface area contributed by atoms with Gasteiger partial charge in [-0.05, 0) is 48.6 Å². The Bertz CT molecular complexity index is 429. The summed E-state index contributed by atoms with van der Waals surface area (Å²) in [5.74, 6) is -1.44. The molecule has 5 heteroatoms. The molecule has 0 bridgehead atoms. The van der Waals surface area contributed by atoms with E-state index in [-0.39, 0.29) is 23.1 Å². The molecule has 0 atom stereocenters. The van der Waals surface area contributed by atoms with Gasteiger partial charge in [0.2, 0.25) is 0 Å². The number of hydrogen-bond donors (Lipinski definition) is 2. The number of rotatable bonds is 3. The molecule has 0 aromatic heterocycles. The van der Waals surface area contributed by atoms with E-state index in [9.17, 15) is 9.59 Å². The van der Waals surface area contributed by atoms with Crippen LogP contribution in [0.5, 0.6) is 0 Å². The van der Waals surface area contributed by atoms with E-state index in [1.165, 1.54) is 6.07 Å². The van der Waals surface area contributed by atoms with Crippen molar-refractivity contribution in [1.82, 2.24) is 5.32 Å². The lowest BCUT2D eigenvalue weighted by atomic mass is 10.1. The Hall–Kier alpha value is -1.11. The Morgan fingerprint density at radius 1 is 1.38 bits per heavy atom. The highest BCUT2D eigenvalue weighted by atomic mass is 127. The largest absolute Gasteiger partial charge is 0.478 e. The second-order valence-electron chi connectivity index (χ2n) is 3.60. The maximum atomic E-state index is 11.8. The molecule has 0 aliphatic rings. The Morgan fingerprint density at radius 3 is 2.50 bits per heavy atom. The zero-order valence-corrected chi connectivity index (χ0v) is 11.1. The van der Waals surface area contributed by atoms with E-state index in [1.54, 1.807) is 12.1 Å². The molecule has 1 aromatic rings. The first-order chi connectivity index (χ1) is 7.43. The molecule has 0 saturated carbocycles. The number of benzene rings is 1. The molecule has 1 amide bonds. The second kappa shape index (κ2) is 5.29. The van der Waals surface area contributed by atoms with Crippen molar-refractivity contribution in [2.45, 2.75) is 19.9 Å². The van der Waals surface area contributed by atoms with Gasteiger partial charge >= 0.3 is 5.97 Å². The van der Waals surface area contributed by atoms with Gasteiger partial charge in [-0.2, -0.15) is 0 Å². The third-order valence-electron chi connectivity index (χ3n) is 1.89. The zero-order valence-electron chi connectivity index (χ0n) is 8.95. The lowest BCUT2D eigenvalue weighted by molar-refractivity contribution is 0.0690. The van der Waals surface area contributed by atoms with Crippen molar-refractivity contribution in [2.24, 2.45) is 0 Å². The van der Waals surface area contributed by atoms with Crippen molar-refractivity contribution in [2.75, 3.05) is 0 Å². The minimum absolute atomic E-state index is 0.0230. The number of carboxylic acids is 1. The van der Waals surface area contributed by atoms with Gasteiger partial charge in [0.25, 0.3) is 5.91 Å². The van der Waals surface area contributed by atoms with Crippen molar-refractivity contribution in [3.63, 3.8) is 0 Å². The third-order valence-corrected chi connectivity index (χ3v) is 2.79. The van der Waals surface area contributed by atoms with Gasteiger partial charge in [-0.15, -0.1) is 0 Å². The fourth-order valence-electron chi connectivity index (χ4n) is 1.27. The number of carboxylic acid groups (broad SMARTS) is 1. The summed E-state index contributed by atoms with van der Waals surface area (Å²) in [5.41, 5.74) is 0.259. The van der Waals surface area contributed by atoms with E-state index in [0.717, 1.165) is 0 Å². The molecule has 0 heterocycles. The van der Waals surface area contributed by atoms with Crippen LogP contribution in [0.3, 0.4) is 0 Å². The first-order valence-electron chi connectivity index (χ1n) is 4.76. The molecule has 0 fully saturated rings. The molecular formula is C11H12INO3. The van der Waals surface area contributed by atoms with Crippen molar-refractivity contribution >= 4 is 34.5 Å². The Morgan fingerprint density at radius 2 is 2.00 bits per heavy atom. The second-order valence-corrected chi connectivity index (χ2v) is 4.76. The predicted octanol–water partition coefficient (Wildman–Crippen LogP) is 2.13. The van der Waals surface area contributed by atoms with E-state index in [1.807, 2.05) is 36.4 Å². The molecular weight excluding hydrogens is 321 g/mol. The van der Waals surface area contributed by atoms with E-state index >= 15 is 0 Å². The van der Waals surface area contributed by atoms with Crippen LogP contribution in [-0.4, -0.2) is 23.0 Å². The number of halogens is 1. The van der Waals surface area contributed by atoms with Crippen LogP contribution in [0, 0.1) is 3.57 Å². The molecule has 0 radical (unpaired) electrons. The Kier molecular flexibility index (Phi) is 4.28. The summed E-state index contributed by atoms with van der Waals surface area (Å²) in [7, 11) is 0. The molecule has 16 heavy (non-hydrogen) atoms. The smallest absolute Gasteiger partial charge is 0.336 e. The number of nitrogens with one attached hydrogen (secondary N) is 1. The summed E-state index contributed by atoms with van der Waals surface area (Å²) in [5, 5.41) is 11.7. The van der Waals surface area contributed by atoms with Gasteiger partial charge in [-0.25, -0.2) is 4.79 Å². The quantitative estimate of drug-likeness (QED) is 0.833. The summed E-state index contributed by atoms with van der Waals surface area (Å²) in [6, 6.07) is 4.74. The molecule has 0 spiro atoms. The summed E-state index contributed by atoms with van der Waals surface area (Å²) in [6.45, 7) is 3.66. The van der Waals surface area contributed by atoms with Crippen LogP contribution in [0.15, 0.2) is 18.2 Å². The summed E-state index contributed by atoms with van der Waals surface area (Å²) >= 11 is 1.96. The number of carbonyl (C=O) groups is 2. The van der Waals surface area contributed by atoms with Gasteiger partial charge < -0.3 is 10.4 Å². The van der Waals surface area contributed by atoms with Crippen LogP contribution >= 0.6 is 22.6 Å². The molecule has 4 nitrogen and oxygen atoms in total. The SMILES string of the molecule is CC(C)NC(=O)c1c(I)cccc1C(=O)O. The van der Waals surface area contributed by atoms with Gasteiger partial charge in [0.05, 0.1) is 11.1 Å². The van der Waals surface area contributed by atoms with Crippen molar-refractivity contribution in [1.29, 1.82) is 0 Å². The fraction of sp³-hybridized carbons (Fsp3) is 0.273. The molecule has 0 unspecified atom stereocenters. The van der Waals surface area contributed by atoms with E-state index in [2.05, 4.69) is 5.32 Å². The first-order valence-corrected chi connectivity index (χ1v) is 5.84. The number of hydrogen-bond acceptors (Lipinski definition) is 2. The van der Waals surface area contributed by atoms with Crippen LogP contribution in [-0.2, 0) is 0 Å². The minimum Gasteiger partial charge on any atom is -0.478 e. The van der Waals surface area contributed by atoms with Gasteiger partial charge in [0.1, 0.15) is 0 Å². The zero-order chi connectivity index (χ0) is 12.3. The van der Waals surface area contributed by atoms with E-state index < -0.39 is 5.97 Å². The minimum atomic E-state index is -1.09. The maximum absolute atomic E-state index is 11.8. The highest BCUT2D eigenvalue weighted by molar-refractivity contribution is 14.1. The van der Waals surface area contributed by atoms with Crippen LogP contribution < -0.4 is 5.32 Å². The van der Waals surface area contributed by atoms with Crippen LogP contribution in [0.4, 0.5) is 0 Å². The average Bonchev–Trinajstić information content (AvgIpc) is 2.15. The molecule has 0 aliphatic heterocycles. The van der Waals surface area contributed by atoms with E-state index in [4.69, 9.17) is 5.11 Å². The molecule has 86 valence electrons. The predicted molar refractivity (Wildman–Crippen MR) is 68.7 cm³/mol. The molecule has 0 saturated heterocycles. The van der Waals surface area contributed by atoms with E-state index in [0.29, 0.717) is 3.57 Å². The topological polar surface area (TPSA) is 66.4 Å². The van der Waals surface area contributed by atoms with Gasteiger partial charge in [0.15, 0.2) is 0 Å². The van der Waals surface area contributed by atoms with Crippen molar-refractivity contribution < 1.29 is 14.7 Å². The molecule has 0 aliphatic carbocycles. The summed E-state index contributed by atoms with van der Waals surface area (Å²) < 4.78 is 0.635. The van der Waals surface area contributed by atoms with Crippen LogP contribution in [0.2, 0.25) is 0 Å². The summed E-state index contributed by atoms with van der Waals surface area (Å²) in [6.07, 6.45) is 0. The summed E-state index contributed by atoms with van der Waals surface area (Å²) in [4.78, 5) is 22.8. The standard InChI is InChI=1S/C11H12INO3/c1-6(2)13-10(14)9-7(11(15)16)4-3-5-8(9)12/h3-6H,1-2H3,(H,13,14)(H,15,16). The van der Waals surface area contributed by atoms with Gasteiger partial charge in [0, 0.05) is 9.61 Å². The first kappa shape index (κ1) is 13.0. The highest BCUT2D eigenvalue weighted by Gasteiger charge is 2.19. The highest BCUT2D eigenvalue weighted by Crippen LogP contribution is 2.17.